The number of hydrogen-bond donors (Lipinski definition) is 1. The van der Waals surface area contributed by atoms with Crippen molar-refractivity contribution in [2.45, 2.75) is 25.8 Å². The van der Waals surface area contributed by atoms with Gasteiger partial charge in [0.2, 0.25) is 0 Å². The molecule has 0 radical (unpaired) electrons. The molecular weight excluding hydrogens is 190 g/mol. The van der Waals surface area contributed by atoms with E-state index in [-0.39, 0.29) is 0 Å². The van der Waals surface area contributed by atoms with Gasteiger partial charge in [-0.05, 0) is 31.5 Å². The van der Waals surface area contributed by atoms with E-state index in [2.05, 4.69) is 18.8 Å². The van der Waals surface area contributed by atoms with E-state index >= 15 is 0 Å². The molecule has 0 aromatic carbocycles. The fraction of sp³-hybridized carbons (Fsp3) is 0.500. The molecular formula is C12H19NO2. The van der Waals surface area contributed by atoms with Gasteiger partial charge in [-0.3, -0.25) is 0 Å². The standard InChI is InChI=1S/C12H19NO2/c1-3-11(12-7-5-10-15-12)13-8-6-9-14-4-2/h4-5,7,10-11,13H,2-3,6,8-9H2,1H3. The van der Waals surface area contributed by atoms with Crippen LogP contribution in [0.15, 0.2) is 35.7 Å². The zero-order valence-corrected chi connectivity index (χ0v) is 9.24. The second kappa shape index (κ2) is 7.12. The lowest BCUT2D eigenvalue weighted by Gasteiger charge is -2.14. The molecule has 1 heterocycles. The first kappa shape index (κ1) is 11.9. The molecule has 1 rings (SSSR count). The summed E-state index contributed by atoms with van der Waals surface area (Å²) < 4.78 is 10.4. The average Bonchev–Trinajstić information content (AvgIpc) is 2.77. The average molecular weight is 209 g/mol. The van der Waals surface area contributed by atoms with E-state index in [0.29, 0.717) is 12.6 Å². The summed E-state index contributed by atoms with van der Waals surface area (Å²) >= 11 is 0. The summed E-state index contributed by atoms with van der Waals surface area (Å²) in [7, 11) is 0. The first-order valence-electron chi connectivity index (χ1n) is 5.37. The van der Waals surface area contributed by atoms with Crippen LogP contribution >= 0.6 is 0 Å². The molecule has 0 spiro atoms. The Morgan fingerprint density at radius 1 is 1.67 bits per heavy atom. The number of hydrogen-bond acceptors (Lipinski definition) is 3. The Labute approximate surface area is 91.1 Å². The molecule has 1 unspecified atom stereocenters. The molecule has 1 aromatic rings. The molecule has 0 amide bonds. The van der Waals surface area contributed by atoms with Gasteiger partial charge in [0.25, 0.3) is 0 Å². The summed E-state index contributed by atoms with van der Waals surface area (Å²) in [5.41, 5.74) is 0. The van der Waals surface area contributed by atoms with Gasteiger partial charge in [0.05, 0.1) is 25.2 Å². The van der Waals surface area contributed by atoms with Crippen LogP contribution in [0.5, 0.6) is 0 Å². The first-order chi connectivity index (χ1) is 7.38. The van der Waals surface area contributed by atoms with Crippen molar-refractivity contribution >= 4 is 0 Å². The van der Waals surface area contributed by atoms with Gasteiger partial charge in [0.15, 0.2) is 0 Å². The molecule has 1 N–H and O–H groups in total. The molecule has 15 heavy (non-hydrogen) atoms. The minimum atomic E-state index is 0.309. The highest BCUT2D eigenvalue weighted by atomic mass is 16.5. The highest BCUT2D eigenvalue weighted by molar-refractivity contribution is 5.03. The third-order valence-corrected chi connectivity index (χ3v) is 2.24. The normalized spacial score (nSPS) is 12.3. The molecule has 0 aliphatic rings. The summed E-state index contributed by atoms with van der Waals surface area (Å²) in [5.74, 6) is 1.00. The highest BCUT2D eigenvalue weighted by Gasteiger charge is 2.10. The maximum atomic E-state index is 5.35. The number of nitrogens with one attached hydrogen (secondary N) is 1. The van der Waals surface area contributed by atoms with Gasteiger partial charge in [-0.2, -0.15) is 0 Å². The van der Waals surface area contributed by atoms with E-state index in [1.54, 1.807) is 6.26 Å². The van der Waals surface area contributed by atoms with Crippen LogP contribution in [0.2, 0.25) is 0 Å². The van der Waals surface area contributed by atoms with Crippen LogP contribution in [0.3, 0.4) is 0 Å². The predicted molar refractivity (Wildman–Crippen MR) is 60.5 cm³/mol. The second-order valence-corrected chi connectivity index (χ2v) is 3.32. The molecule has 84 valence electrons. The van der Waals surface area contributed by atoms with Crippen molar-refractivity contribution in [1.82, 2.24) is 5.32 Å². The first-order valence-corrected chi connectivity index (χ1v) is 5.37. The van der Waals surface area contributed by atoms with Gasteiger partial charge in [-0.1, -0.05) is 13.5 Å². The van der Waals surface area contributed by atoms with E-state index < -0.39 is 0 Å². The van der Waals surface area contributed by atoms with Gasteiger partial charge in [-0.25, -0.2) is 0 Å². The molecule has 0 fully saturated rings. The summed E-state index contributed by atoms with van der Waals surface area (Å²) in [6.45, 7) is 7.27. The highest BCUT2D eigenvalue weighted by Crippen LogP contribution is 2.16. The van der Waals surface area contributed by atoms with Crippen LogP contribution in [0.4, 0.5) is 0 Å². The summed E-state index contributed by atoms with van der Waals surface area (Å²) in [4.78, 5) is 0. The maximum absolute atomic E-state index is 5.35. The Balaban J connectivity index is 2.20. The Morgan fingerprint density at radius 2 is 2.53 bits per heavy atom. The van der Waals surface area contributed by atoms with Gasteiger partial charge < -0.3 is 14.5 Å². The van der Waals surface area contributed by atoms with E-state index in [0.717, 1.165) is 25.1 Å². The second-order valence-electron chi connectivity index (χ2n) is 3.32. The Kier molecular flexibility index (Phi) is 5.63. The van der Waals surface area contributed by atoms with Crippen molar-refractivity contribution < 1.29 is 9.15 Å². The van der Waals surface area contributed by atoms with Crippen molar-refractivity contribution in [2.75, 3.05) is 13.2 Å². The van der Waals surface area contributed by atoms with E-state index in [1.165, 1.54) is 6.26 Å². The summed E-state index contributed by atoms with van der Waals surface area (Å²) in [6.07, 6.45) is 5.18. The number of furan rings is 1. The number of ether oxygens (including phenoxy) is 1. The van der Waals surface area contributed by atoms with Crippen LogP contribution in [-0.4, -0.2) is 13.2 Å². The van der Waals surface area contributed by atoms with Crippen molar-refractivity contribution in [3.8, 4) is 0 Å². The Bertz CT molecular complexity index is 257. The third kappa shape index (κ3) is 4.21. The van der Waals surface area contributed by atoms with Gasteiger partial charge in [0, 0.05) is 0 Å². The maximum Gasteiger partial charge on any atom is 0.120 e. The van der Waals surface area contributed by atoms with Crippen LogP contribution in [0, 0.1) is 0 Å². The Hall–Kier alpha value is -1.22. The quantitative estimate of drug-likeness (QED) is 0.528. The van der Waals surface area contributed by atoms with Crippen molar-refractivity contribution in [1.29, 1.82) is 0 Å². The lowest BCUT2D eigenvalue weighted by molar-refractivity contribution is 0.241. The number of rotatable bonds is 8. The van der Waals surface area contributed by atoms with Gasteiger partial charge in [0.1, 0.15) is 5.76 Å². The molecule has 1 aromatic heterocycles. The molecule has 0 bridgehead atoms. The minimum absolute atomic E-state index is 0.309. The van der Waals surface area contributed by atoms with Crippen LogP contribution in [0.25, 0.3) is 0 Å². The SMILES string of the molecule is C=COCCCNC(CC)c1ccco1. The molecule has 1 atom stereocenters. The lowest BCUT2D eigenvalue weighted by atomic mass is 10.1. The van der Waals surface area contributed by atoms with Crippen LogP contribution in [-0.2, 0) is 4.74 Å². The molecule has 0 saturated heterocycles. The third-order valence-electron chi connectivity index (χ3n) is 2.24. The zero-order chi connectivity index (χ0) is 10.9. The van der Waals surface area contributed by atoms with E-state index in [1.807, 2.05) is 12.1 Å². The van der Waals surface area contributed by atoms with E-state index in [9.17, 15) is 0 Å². The largest absolute Gasteiger partial charge is 0.502 e. The van der Waals surface area contributed by atoms with E-state index in [4.69, 9.17) is 9.15 Å². The fourth-order valence-electron chi connectivity index (χ4n) is 1.45. The molecule has 3 nitrogen and oxygen atoms in total. The van der Waals surface area contributed by atoms with Crippen molar-refractivity contribution in [3.05, 3.63) is 37.0 Å². The Morgan fingerprint density at radius 3 is 3.13 bits per heavy atom. The zero-order valence-electron chi connectivity index (χ0n) is 9.24. The fourth-order valence-corrected chi connectivity index (χ4v) is 1.45. The molecule has 3 heteroatoms. The molecule has 0 aliphatic carbocycles. The van der Waals surface area contributed by atoms with Crippen molar-refractivity contribution in [3.63, 3.8) is 0 Å². The molecule has 0 saturated carbocycles. The minimum Gasteiger partial charge on any atom is -0.502 e. The lowest BCUT2D eigenvalue weighted by Crippen LogP contribution is -2.22. The van der Waals surface area contributed by atoms with Crippen LogP contribution in [0.1, 0.15) is 31.6 Å². The topological polar surface area (TPSA) is 34.4 Å². The predicted octanol–water partition coefficient (Wildman–Crippen LogP) is 2.87. The monoisotopic (exact) mass is 209 g/mol. The van der Waals surface area contributed by atoms with Gasteiger partial charge in [-0.15, -0.1) is 0 Å². The van der Waals surface area contributed by atoms with Gasteiger partial charge >= 0.3 is 0 Å². The van der Waals surface area contributed by atoms with Crippen LogP contribution < -0.4 is 5.32 Å². The smallest absolute Gasteiger partial charge is 0.120 e. The summed E-state index contributed by atoms with van der Waals surface area (Å²) in [5, 5.41) is 3.42. The summed E-state index contributed by atoms with van der Waals surface area (Å²) in [6, 6.07) is 4.23. The van der Waals surface area contributed by atoms with Crippen molar-refractivity contribution in [2.24, 2.45) is 0 Å². The molecule has 0 aliphatic heterocycles.